The second-order valence-electron chi connectivity index (χ2n) is 5.16. The standard InChI is InChI=1S/C13H22F3N3S/c1-5-9(4)11-10(6-17)20-12(18-11)19(8(2)3)7-13(14,15)16/h8-9H,5-7,17H2,1-4H3. The summed E-state index contributed by atoms with van der Waals surface area (Å²) < 4.78 is 38.0. The zero-order chi connectivity index (χ0) is 15.5. The molecule has 116 valence electrons. The number of rotatable bonds is 6. The van der Waals surface area contributed by atoms with Crippen LogP contribution in [0.4, 0.5) is 18.3 Å². The van der Waals surface area contributed by atoms with Crippen molar-refractivity contribution >= 4 is 16.5 Å². The minimum Gasteiger partial charge on any atom is -0.337 e. The highest BCUT2D eigenvalue weighted by molar-refractivity contribution is 7.15. The van der Waals surface area contributed by atoms with Crippen molar-refractivity contribution in [2.24, 2.45) is 5.73 Å². The van der Waals surface area contributed by atoms with E-state index in [9.17, 15) is 13.2 Å². The molecule has 0 radical (unpaired) electrons. The summed E-state index contributed by atoms with van der Waals surface area (Å²) in [6, 6.07) is -0.266. The first kappa shape index (κ1) is 17.2. The first-order valence-electron chi connectivity index (χ1n) is 6.72. The van der Waals surface area contributed by atoms with Gasteiger partial charge in [-0.1, -0.05) is 13.8 Å². The molecule has 1 aromatic rings. The van der Waals surface area contributed by atoms with Gasteiger partial charge in [-0.2, -0.15) is 13.2 Å². The quantitative estimate of drug-likeness (QED) is 0.867. The average Bonchev–Trinajstić information content (AvgIpc) is 2.77. The highest BCUT2D eigenvalue weighted by atomic mass is 32.1. The van der Waals surface area contributed by atoms with Crippen LogP contribution < -0.4 is 10.6 Å². The van der Waals surface area contributed by atoms with Crippen LogP contribution in [0.1, 0.15) is 50.6 Å². The maximum Gasteiger partial charge on any atom is 0.406 e. The third-order valence-electron chi connectivity index (χ3n) is 3.20. The number of alkyl halides is 3. The second-order valence-corrected chi connectivity index (χ2v) is 6.22. The van der Waals surface area contributed by atoms with Crippen molar-refractivity contribution in [1.29, 1.82) is 0 Å². The lowest BCUT2D eigenvalue weighted by molar-refractivity contribution is -0.120. The lowest BCUT2D eigenvalue weighted by atomic mass is 10.0. The summed E-state index contributed by atoms with van der Waals surface area (Å²) in [7, 11) is 0. The number of nitrogens with two attached hydrogens (primary N) is 1. The van der Waals surface area contributed by atoms with E-state index < -0.39 is 12.7 Å². The number of hydrogen-bond donors (Lipinski definition) is 1. The van der Waals surface area contributed by atoms with Crippen LogP contribution >= 0.6 is 11.3 Å². The highest BCUT2D eigenvalue weighted by Crippen LogP contribution is 2.34. The van der Waals surface area contributed by atoms with Crippen LogP contribution in [0.3, 0.4) is 0 Å². The molecule has 0 saturated heterocycles. The molecule has 1 atom stereocenters. The normalized spacial score (nSPS) is 13.8. The molecule has 2 N–H and O–H groups in total. The molecular weight excluding hydrogens is 287 g/mol. The monoisotopic (exact) mass is 309 g/mol. The van der Waals surface area contributed by atoms with Gasteiger partial charge in [0.2, 0.25) is 0 Å². The molecule has 0 aliphatic carbocycles. The van der Waals surface area contributed by atoms with Crippen molar-refractivity contribution in [2.45, 2.75) is 58.8 Å². The van der Waals surface area contributed by atoms with E-state index in [0.29, 0.717) is 11.7 Å². The fraction of sp³-hybridized carbons (Fsp3) is 0.769. The molecule has 20 heavy (non-hydrogen) atoms. The third kappa shape index (κ3) is 4.34. The van der Waals surface area contributed by atoms with Crippen molar-refractivity contribution in [3.63, 3.8) is 0 Å². The molecule has 1 heterocycles. The lowest BCUT2D eigenvalue weighted by Crippen LogP contribution is -2.39. The second kappa shape index (κ2) is 6.76. The van der Waals surface area contributed by atoms with Gasteiger partial charge in [0.05, 0.1) is 5.69 Å². The molecule has 0 saturated carbocycles. The average molecular weight is 309 g/mol. The minimum absolute atomic E-state index is 0.207. The Morgan fingerprint density at radius 2 is 1.90 bits per heavy atom. The zero-order valence-corrected chi connectivity index (χ0v) is 13.1. The molecule has 1 unspecified atom stereocenters. The van der Waals surface area contributed by atoms with Crippen molar-refractivity contribution in [1.82, 2.24) is 4.98 Å². The van der Waals surface area contributed by atoms with Crippen molar-refractivity contribution in [3.05, 3.63) is 10.6 Å². The molecule has 1 rings (SSSR count). The summed E-state index contributed by atoms with van der Waals surface area (Å²) in [5.74, 6) is 0.207. The van der Waals surface area contributed by atoms with Gasteiger partial charge in [0.1, 0.15) is 6.54 Å². The van der Waals surface area contributed by atoms with E-state index in [2.05, 4.69) is 4.98 Å². The number of thiazole rings is 1. The molecule has 0 spiro atoms. The Hall–Kier alpha value is -0.820. The number of nitrogens with zero attached hydrogens (tertiary/aromatic N) is 2. The van der Waals surface area contributed by atoms with Crippen molar-refractivity contribution in [3.8, 4) is 0 Å². The lowest BCUT2D eigenvalue weighted by Gasteiger charge is -2.27. The predicted molar refractivity (Wildman–Crippen MR) is 77.2 cm³/mol. The first-order chi connectivity index (χ1) is 9.19. The van der Waals surface area contributed by atoms with Gasteiger partial charge in [-0.15, -0.1) is 11.3 Å². The van der Waals surface area contributed by atoms with E-state index in [4.69, 9.17) is 5.73 Å². The van der Waals surface area contributed by atoms with Gasteiger partial charge in [-0.05, 0) is 26.2 Å². The van der Waals surface area contributed by atoms with E-state index in [-0.39, 0.29) is 12.0 Å². The summed E-state index contributed by atoms with van der Waals surface area (Å²) in [6.07, 6.45) is -3.35. The Morgan fingerprint density at radius 1 is 1.30 bits per heavy atom. The molecule has 3 nitrogen and oxygen atoms in total. The zero-order valence-electron chi connectivity index (χ0n) is 12.3. The van der Waals surface area contributed by atoms with E-state index in [0.717, 1.165) is 17.0 Å². The Labute approximate surface area is 122 Å². The Balaban J connectivity index is 3.12. The van der Waals surface area contributed by atoms with Crippen LogP contribution in [0.5, 0.6) is 0 Å². The summed E-state index contributed by atoms with van der Waals surface area (Å²) in [5, 5.41) is 0.410. The van der Waals surface area contributed by atoms with Crippen LogP contribution in [0.15, 0.2) is 0 Å². The minimum atomic E-state index is -4.24. The molecule has 0 aliphatic rings. The van der Waals surface area contributed by atoms with Crippen LogP contribution in [0.2, 0.25) is 0 Å². The van der Waals surface area contributed by atoms with Gasteiger partial charge in [0.25, 0.3) is 0 Å². The van der Waals surface area contributed by atoms with Gasteiger partial charge < -0.3 is 10.6 Å². The third-order valence-corrected chi connectivity index (χ3v) is 4.33. The van der Waals surface area contributed by atoms with Crippen LogP contribution in [0, 0.1) is 0 Å². The van der Waals surface area contributed by atoms with Crippen LogP contribution in [-0.4, -0.2) is 23.7 Å². The maximum absolute atomic E-state index is 12.7. The van der Waals surface area contributed by atoms with E-state index in [1.807, 2.05) is 13.8 Å². The smallest absolute Gasteiger partial charge is 0.337 e. The molecular formula is C13H22F3N3S. The van der Waals surface area contributed by atoms with Gasteiger partial charge >= 0.3 is 6.18 Å². The number of hydrogen-bond acceptors (Lipinski definition) is 4. The number of anilines is 1. The maximum atomic E-state index is 12.7. The topological polar surface area (TPSA) is 42.2 Å². The Kier molecular flexibility index (Phi) is 5.82. The van der Waals surface area contributed by atoms with Gasteiger partial charge in [-0.3, -0.25) is 0 Å². The summed E-state index contributed by atoms with van der Waals surface area (Å²) >= 11 is 1.27. The molecule has 1 aromatic heterocycles. The predicted octanol–water partition coefficient (Wildman–Crippen LogP) is 3.89. The van der Waals surface area contributed by atoms with E-state index in [1.54, 1.807) is 13.8 Å². The SMILES string of the molecule is CCC(C)c1nc(N(CC(F)(F)F)C(C)C)sc1CN. The molecule has 0 aromatic carbocycles. The summed E-state index contributed by atoms with van der Waals surface area (Å²) in [4.78, 5) is 6.59. The number of aromatic nitrogens is 1. The highest BCUT2D eigenvalue weighted by Gasteiger charge is 2.33. The number of halogens is 3. The Bertz CT molecular complexity index is 429. The van der Waals surface area contributed by atoms with Gasteiger partial charge in [0, 0.05) is 17.5 Å². The molecule has 7 heteroatoms. The largest absolute Gasteiger partial charge is 0.406 e. The van der Waals surface area contributed by atoms with Crippen molar-refractivity contribution in [2.75, 3.05) is 11.4 Å². The molecule has 0 fully saturated rings. The Morgan fingerprint density at radius 3 is 2.30 bits per heavy atom. The van der Waals surface area contributed by atoms with E-state index >= 15 is 0 Å². The van der Waals surface area contributed by atoms with Crippen molar-refractivity contribution < 1.29 is 13.2 Å². The summed E-state index contributed by atoms with van der Waals surface area (Å²) in [5.41, 5.74) is 6.53. The first-order valence-corrected chi connectivity index (χ1v) is 7.54. The van der Waals surface area contributed by atoms with Gasteiger partial charge in [0.15, 0.2) is 5.13 Å². The van der Waals surface area contributed by atoms with Crippen LogP contribution in [-0.2, 0) is 6.54 Å². The van der Waals surface area contributed by atoms with Crippen LogP contribution in [0.25, 0.3) is 0 Å². The molecule has 0 amide bonds. The van der Waals surface area contributed by atoms with E-state index in [1.165, 1.54) is 16.2 Å². The molecule has 0 bridgehead atoms. The summed E-state index contributed by atoms with van der Waals surface area (Å²) in [6.45, 7) is 6.84. The molecule has 0 aliphatic heterocycles. The fourth-order valence-electron chi connectivity index (χ4n) is 1.86. The fourth-order valence-corrected chi connectivity index (χ4v) is 3.05. The van der Waals surface area contributed by atoms with Gasteiger partial charge in [-0.25, -0.2) is 4.98 Å².